The summed E-state index contributed by atoms with van der Waals surface area (Å²) in [6.07, 6.45) is 0. The second kappa shape index (κ2) is 8.00. The molecule has 0 aliphatic carbocycles. The van der Waals surface area contributed by atoms with E-state index in [2.05, 4.69) is 4.98 Å². The minimum Gasteiger partial charge on any atom is -0.497 e. The number of carbonyl (C=O) groups is 1. The van der Waals surface area contributed by atoms with Crippen LogP contribution in [0, 0.1) is 19.3 Å². The molecule has 0 spiro atoms. The third kappa shape index (κ3) is 4.06. The average Bonchev–Trinajstić information content (AvgIpc) is 3.04. The number of rotatable bonds is 6. The normalized spacial score (nSPS) is 10.5. The lowest BCUT2D eigenvalue weighted by Crippen LogP contribution is -2.30. The van der Waals surface area contributed by atoms with E-state index in [1.807, 2.05) is 56.3 Å². The minimum absolute atomic E-state index is 0.0214. The number of H-pyrrole nitrogens is 1. The van der Waals surface area contributed by atoms with Crippen molar-refractivity contribution in [3.63, 3.8) is 0 Å². The van der Waals surface area contributed by atoms with Crippen LogP contribution in [0.2, 0.25) is 0 Å². The van der Waals surface area contributed by atoms with Crippen LogP contribution in [-0.4, -0.2) is 23.8 Å². The predicted molar refractivity (Wildman–Crippen MR) is 111 cm³/mol. The van der Waals surface area contributed by atoms with Crippen molar-refractivity contribution in [1.82, 2.24) is 4.98 Å². The molecular formula is C22H24N4O2. The Balaban J connectivity index is 1.96. The molecule has 0 unspecified atom stereocenters. The zero-order valence-corrected chi connectivity index (χ0v) is 16.2. The van der Waals surface area contributed by atoms with Crippen LogP contribution in [0.4, 0.5) is 5.69 Å². The smallest absolute Gasteiger partial charge is 0.260 e. The van der Waals surface area contributed by atoms with Crippen LogP contribution in [0.1, 0.15) is 32.9 Å². The molecule has 3 aromatic rings. The van der Waals surface area contributed by atoms with E-state index in [0.29, 0.717) is 17.7 Å². The highest BCUT2D eigenvalue weighted by Gasteiger charge is 2.21. The molecular weight excluding hydrogens is 352 g/mol. The first-order valence-electron chi connectivity index (χ1n) is 8.94. The number of carbonyl (C=O) groups excluding carboxylic acids is 1. The van der Waals surface area contributed by atoms with Gasteiger partial charge in [-0.1, -0.05) is 24.3 Å². The largest absolute Gasteiger partial charge is 0.497 e. The summed E-state index contributed by atoms with van der Waals surface area (Å²) in [5, 5.41) is 7.52. The minimum atomic E-state index is -0.0809. The van der Waals surface area contributed by atoms with E-state index < -0.39 is 0 Å². The number of ether oxygens (including phenoxy) is 1. The van der Waals surface area contributed by atoms with Crippen molar-refractivity contribution in [2.75, 3.05) is 12.0 Å². The molecule has 0 fully saturated rings. The molecule has 3 rings (SSSR count). The van der Waals surface area contributed by atoms with Gasteiger partial charge in [0, 0.05) is 22.6 Å². The van der Waals surface area contributed by atoms with E-state index in [9.17, 15) is 4.79 Å². The lowest BCUT2D eigenvalue weighted by Gasteiger charge is -2.23. The van der Waals surface area contributed by atoms with Gasteiger partial charge in [-0.05, 0) is 49.7 Å². The number of aromatic nitrogens is 1. The highest BCUT2D eigenvalue weighted by atomic mass is 16.5. The summed E-state index contributed by atoms with van der Waals surface area (Å²) in [4.78, 5) is 18.3. The van der Waals surface area contributed by atoms with Crippen molar-refractivity contribution in [3.05, 3.63) is 82.7 Å². The number of methoxy groups -OCH3 is 1. The molecule has 0 radical (unpaired) electrons. The Bertz CT molecular complexity index is 988. The molecule has 4 N–H and O–H groups in total. The zero-order chi connectivity index (χ0) is 20.3. The number of aryl methyl sites for hydroxylation is 2. The van der Waals surface area contributed by atoms with Crippen molar-refractivity contribution < 1.29 is 9.53 Å². The molecule has 6 nitrogen and oxygen atoms in total. The standard InChI is InChI=1S/C22H24N4O2/c1-14-12-20(15(2)25-14)22(27)26(18-8-10-19(28-3)11-9-18)13-16-4-6-17(7-5-16)21(23)24/h4-12,25H,13H2,1-3H3,(H3,23,24). The fourth-order valence-corrected chi connectivity index (χ4v) is 3.11. The van der Waals surface area contributed by atoms with E-state index >= 15 is 0 Å². The summed E-state index contributed by atoms with van der Waals surface area (Å²) < 4.78 is 5.23. The van der Waals surface area contributed by atoms with Crippen LogP contribution in [0.3, 0.4) is 0 Å². The first-order chi connectivity index (χ1) is 13.4. The molecule has 0 bridgehead atoms. The maximum Gasteiger partial charge on any atom is 0.260 e. The second-order valence-corrected chi connectivity index (χ2v) is 6.69. The van der Waals surface area contributed by atoms with Gasteiger partial charge in [0.1, 0.15) is 11.6 Å². The van der Waals surface area contributed by atoms with Crippen LogP contribution in [0.25, 0.3) is 0 Å². The van der Waals surface area contributed by atoms with E-state index in [0.717, 1.165) is 28.4 Å². The SMILES string of the molecule is COc1ccc(N(Cc2ccc(C(=N)N)cc2)C(=O)c2cc(C)[nH]c2C)cc1. The molecule has 0 aliphatic heterocycles. The highest BCUT2D eigenvalue weighted by molar-refractivity contribution is 6.07. The lowest BCUT2D eigenvalue weighted by atomic mass is 10.1. The first kappa shape index (κ1) is 19.2. The van der Waals surface area contributed by atoms with Gasteiger partial charge in [0.25, 0.3) is 5.91 Å². The zero-order valence-electron chi connectivity index (χ0n) is 16.2. The molecule has 0 saturated carbocycles. The fourth-order valence-electron chi connectivity index (χ4n) is 3.11. The molecule has 1 heterocycles. The Hall–Kier alpha value is -3.54. The number of nitrogens with zero attached hydrogens (tertiary/aromatic N) is 1. The number of amides is 1. The Morgan fingerprint density at radius 2 is 1.75 bits per heavy atom. The third-order valence-corrected chi connectivity index (χ3v) is 4.61. The van der Waals surface area contributed by atoms with E-state index in [4.69, 9.17) is 15.9 Å². The molecule has 0 aliphatic rings. The summed E-state index contributed by atoms with van der Waals surface area (Å²) in [5.74, 6) is 0.673. The van der Waals surface area contributed by atoms with Crippen molar-refractivity contribution in [2.45, 2.75) is 20.4 Å². The Morgan fingerprint density at radius 1 is 1.11 bits per heavy atom. The van der Waals surface area contributed by atoms with E-state index in [1.54, 1.807) is 24.1 Å². The topological polar surface area (TPSA) is 95.2 Å². The van der Waals surface area contributed by atoms with Crippen LogP contribution >= 0.6 is 0 Å². The summed E-state index contributed by atoms with van der Waals surface area (Å²) >= 11 is 0. The van der Waals surface area contributed by atoms with Gasteiger partial charge >= 0.3 is 0 Å². The van der Waals surface area contributed by atoms with E-state index in [1.165, 1.54) is 0 Å². The van der Waals surface area contributed by atoms with Gasteiger partial charge in [-0.25, -0.2) is 0 Å². The van der Waals surface area contributed by atoms with Gasteiger partial charge < -0.3 is 20.4 Å². The molecule has 1 amide bonds. The fraction of sp³-hybridized carbons (Fsp3) is 0.182. The number of amidine groups is 1. The molecule has 28 heavy (non-hydrogen) atoms. The Morgan fingerprint density at radius 3 is 2.25 bits per heavy atom. The summed E-state index contributed by atoms with van der Waals surface area (Å²) in [6.45, 7) is 4.23. The van der Waals surface area contributed by atoms with Gasteiger partial charge in [-0.15, -0.1) is 0 Å². The monoisotopic (exact) mass is 376 g/mol. The Kier molecular flexibility index (Phi) is 5.49. The van der Waals surface area contributed by atoms with Gasteiger partial charge in [0.2, 0.25) is 0 Å². The van der Waals surface area contributed by atoms with Crippen LogP contribution in [0.15, 0.2) is 54.6 Å². The molecule has 1 aromatic heterocycles. The molecule has 2 aromatic carbocycles. The number of nitrogens with two attached hydrogens (primary N) is 1. The van der Waals surface area contributed by atoms with Gasteiger partial charge in [-0.3, -0.25) is 10.2 Å². The van der Waals surface area contributed by atoms with Gasteiger partial charge in [-0.2, -0.15) is 0 Å². The number of nitrogen functional groups attached to an aromatic ring is 1. The second-order valence-electron chi connectivity index (χ2n) is 6.69. The van der Waals surface area contributed by atoms with Crippen LogP contribution in [-0.2, 0) is 6.54 Å². The van der Waals surface area contributed by atoms with Crippen molar-refractivity contribution in [3.8, 4) is 5.75 Å². The van der Waals surface area contributed by atoms with Crippen molar-refractivity contribution >= 4 is 17.4 Å². The highest BCUT2D eigenvalue weighted by Crippen LogP contribution is 2.24. The third-order valence-electron chi connectivity index (χ3n) is 4.61. The number of nitrogens with one attached hydrogen (secondary N) is 2. The molecule has 6 heteroatoms. The summed E-state index contributed by atoms with van der Waals surface area (Å²) in [6, 6.07) is 16.6. The maximum absolute atomic E-state index is 13.3. The number of hydrogen-bond acceptors (Lipinski definition) is 3. The lowest BCUT2D eigenvalue weighted by molar-refractivity contribution is 0.0984. The quantitative estimate of drug-likeness (QED) is 0.451. The van der Waals surface area contributed by atoms with Crippen molar-refractivity contribution in [2.24, 2.45) is 5.73 Å². The number of anilines is 1. The summed E-state index contributed by atoms with van der Waals surface area (Å²) in [5.41, 5.74) is 10.3. The van der Waals surface area contributed by atoms with E-state index in [-0.39, 0.29) is 11.7 Å². The first-order valence-corrected chi connectivity index (χ1v) is 8.94. The predicted octanol–water partition coefficient (Wildman–Crippen LogP) is 3.77. The van der Waals surface area contributed by atoms with Crippen LogP contribution in [0.5, 0.6) is 5.75 Å². The maximum atomic E-state index is 13.3. The average molecular weight is 376 g/mol. The molecule has 144 valence electrons. The van der Waals surface area contributed by atoms with Crippen LogP contribution < -0.4 is 15.4 Å². The number of benzene rings is 2. The number of aromatic amines is 1. The van der Waals surface area contributed by atoms with Crippen molar-refractivity contribution in [1.29, 1.82) is 5.41 Å². The molecule has 0 atom stereocenters. The van der Waals surface area contributed by atoms with Gasteiger partial charge in [0.15, 0.2) is 0 Å². The summed E-state index contributed by atoms with van der Waals surface area (Å²) in [7, 11) is 1.61. The van der Waals surface area contributed by atoms with Gasteiger partial charge in [0.05, 0.1) is 19.2 Å². The number of hydrogen-bond donors (Lipinski definition) is 3. The molecule has 0 saturated heterocycles. The Labute approximate surface area is 164 Å².